The highest BCUT2D eigenvalue weighted by atomic mass is 16.3. The molecule has 6 heteroatoms. The topological polar surface area (TPSA) is 75.8 Å². The van der Waals surface area contributed by atoms with Crippen molar-refractivity contribution in [2.24, 2.45) is 7.05 Å². The Labute approximate surface area is 121 Å². The van der Waals surface area contributed by atoms with E-state index in [2.05, 4.69) is 10.1 Å². The van der Waals surface area contributed by atoms with E-state index in [1.54, 1.807) is 6.20 Å². The van der Waals surface area contributed by atoms with E-state index >= 15 is 0 Å². The van der Waals surface area contributed by atoms with E-state index in [-0.39, 0.29) is 17.8 Å². The third-order valence-electron chi connectivity index (χ3n) is 4.57. The Hall–Kier alpha value is -2.08. The van der Waals surface area contributed by atoms with Crippen molar-refractivity contribution in [2.75, 3.05) is 0 Å². The number of imidazole rings is 1. The van der Waals surface area contributed by atoms with Crippen LogP contribution >= 0.6 is 0 Å². The predicted octanol–water partition coefficient (Wildman–Crippen LogP) is 1.69. The minimum atomic E-state index is -0.305. The van der Waals surface area contributed by atoms with Gasteiger partial charge >= 0.3 is 5.69 Å². The fourth-order valence-corrected chi connectivity index (χ4v) is 3.51. The second kappa shape index (κ2) is 4.46. The summed E-state index contributed by atoms with van der Waals surface area (Å²) in [4.78, 5) is 15.3. The highest BCUT2D eigenvalue weighted by molar-refractivity contribution is 5.93. The molecule has 2 aromatic heterocycles. The van der Waals surface area contributed by atoms with E-state index in [1.807, 2.05) is 28.4 Å². The first-order chi connectivity index (χ1) is 10.1. The molecule has 1 aliphatic carbocycles. The quantitative estimate of drug-likeness (QED) is 0.715. The molecule has 1 fully saturated rings. The van der Waals surface area contributed by atoms with Crippen LogP contribution in [0.2, 0.25) is 0 Å². The largest absolute Gasteiger partial charge is 0.393 e. The van der Waals surface area contributed by atoms with Crippen molar-refractivity contribution in [1.29, 1.82) is 0 Å². The molecule has 0 amide bonds. The average molecular weight is 286 g/mol. The van der Waals surface area contributed by atoms with E-state index in [9.17, 15) is 9.90 Å². The molecular weight excluding hydrogens is 268 g/mol. The van der Waals surface area contributed by atoms with Crippen molar-refractivity contribution in [3.05, 3.63) is 28.8 Å². The summed E-state index contributed by atoms with van der Waals surface area (Å²) >= 11 is 0. The zero-order valence-corrected chi connectivity index (χ0v) is 11.9. The fourth-order valence-electron chi connectivity index (χ4n) is 3.51. The molecule has 2 N–H and O–H groups in total. The molecule has 110 valence electrons. The molecule has 2 heterocycles. The van der Waals surface area contributed by atoms with E-state index in [0.29, 0.717) is 6.42 Å². The van der Waals surface area contributed by atoms with Gasteiger partial charge in [-0.3, -0.25) is 9.25 Å². The van der Waals surface area contributed by atoms with Gasteiger partial charge in [0.25, 0.3) is 0 Å². The number of aromatic amines is 1. The first-order valence-electron chi connectivity index (χ1n) is 7.37. The Morgan fingerprint density at radius 1 is 1.33 bits per heavy atom. The highest BCUT2D eigenvalue weighted by Gasteiger charge is 2.24. The first kappa shape index (κ1) is 12.6. The Morgan fingerprint density at radius 3 is 3.00 bits per heavy atom. The molecule has 1 aromatic carbocycles. The lowest BCUT2D eigenvalue weighted by Gasteiger charge is -2.26. The summed E-state index contributed by atoms with van der Waals surface area (Å²) in [6, 6.07) is 4.05. The molecule has 1 aliphatic rings. The zero-order valence-electron chi connectivity index (χ0n) is 11.9. The lowest BCUT2D eigenvalue weighted by atomic mass is 9.93. The molecule has 0 saturated heterocycles. The average Bonchev–Trinajstić information content (AvgIpc) is 2.96. The van der Waals surface area contributed by atoms with Crippen LogP contribution in [0, 0.1) is 0 Å². The van der Waals surface area contributed by atoms with Gasteiger partial charge in [-0.2, -0.15) is 5.10 Å². The van der Waals surface area contributed by atoms with Crippen molar-refractivity contribution in [1.82, 2.24) is 19.3 Å². The number of hydrogen-bond donors (Lipinski definition) is 2. The van der Waals surface area contributed by atoms with Gasteiger partial charge in [-0.05, 0) is 37.8 Å². The van der Waals surface area contributed by atoms with Gasteiger partial charge in [0.15, 0.2) is 0 Å². The molecule has 1 saturated carbocycles. The molecular formula is C15H18N4O2. The molecule has 6 nitrogen and oxygen atoms in total. The number of nitrogens with one attached hydrogen (secondary N) is 1. The van der Waals surface area contributed by atoms with E-state index < -0.39 is 0 Å². The number of rotatable bonds is 1. The third kappa shape index (κ3) is 1.90. The Morgan fingerprint density at radius 2 is 2.19 bits per heavy atom. The van der Waals surface area contributed by atoms with Crippen LogP contribution in [0.25, 0.3) is 21.9 Å². The summed E-state index contributed by atoms with van der Waals surface area (Å²) in [5, 5.41) is 15.2. The minimum absolute atomic E-state index is 0.0701. The van der Waals surface area contributed by atoms with Gasteiger partial charge in [0.2, 0.25) is 0 Å². The summed E-state index contributed by atoms with van der Waals surface area (Å²) in [7, 11) is 1.90. The summed E-state index contributed by atoms with van der Waals surface area (Å²) in [5.74, 6) is 0. The summed E-state index contributed by atoms with van der Waals surface area (Å²) in [5.41, 5.74) is 2.65. The Kier molecular flexibility index (Phi) is 2.68. The van der Waals surface area contributed by atoms with Gasteiger partial charge in [-0.15, -0.1) is 0 Å². The Bertz CT molecular complexity index is 873. The van der Waals surface area contributed by atoms with Crippen LogP contribution in [0.4, 0.5) is 0 Å². The van der Waals surface area contributed by atoms with E-state index in [1.165, 1.54) is 0 Å². The maximum Gasteiger partial charge on any atom is 0.326 e. The number of fused-ring (bicyclic) bond motifs is 2. The lowest BCUT2D eigenvalue weighted by Crippen LogP contribution is -2.28. The lowest BCUT2D eigenvalue weighted by molar-refractivity contribution is 0.104. The van der Waals surface area contributed by atoms with Crippen molar-refractivity contribution < 1.29 is 5.11 Å². The third-order valence-corrected chi connectivity index (χ3v) is 4.57. The Balaban J connectivity index is 1.94. The van der Waals surface area contributed by atoms with Gasteiger partial charge in [0.05, 0.1) is 28.9 Å². The normalized spacial score (nSPS) is 23.1. The number of aliphatic hydroxyl groups excluding tert-OH is 1. The molecule has 0 bridgehead atoms. The molecule has 0 unspecified atom stereocenters. The van der Waals surface area contributed by atoms with Crippen molar-refractivity contribution in [3.8, 4) is 0 Å². The molecule has 0 spiro atoms. The van der Waals surface area contributed by atoms with Crippen molar-refractivity contribution >= 4 is 21.9 Å². The fraction of sp³-hybridized carbons (Fsp3) is 0.467. The van der Waals surface area contributed by atoms with Crippen LogP contribution in [-0.4, -0.2) is 30.5 Å². The molecule has 0 radical (unpaired) electrons. The first-order valence-corrected chi connectivity index (χ1v) is 7.37. The van der Waals surface area contributed by atoms with E-state index in [0.717, 1.165) is 41.2 Å². The number of hydrogen-bond acceptors (Lipinski definition) is 3. The molecule has 4 rings (SSSR count). The van der Waals surface area contributed by atoms with Crippen LogP contribution in [-0.2, 0) is 7.05 Å². The molecule has 3 aromatic rings. The van der Waals surface area contributed by atoms with Crippen molar-refractivity contribution in [3.63, 3.8) is 0 Å². The van der Waals surface area contributed by atoms with Crippen LogP contribution in [0.5, 0.6) is 0 Å². The van der Waals surface area contributed by atoms with Crippen LogP contribution in [0.15, 0.2) is 23.1 Å². The van der Waals surface area contributed by atoms with E-state index in [4.69, 9.17) is 0 Å². The van der Waals surface area contributed by atoms with Gasteiger partial charge in [0, 0.05) is 18.5 Å². The standard InChI is InChI=1S/C15H18N4O2/c1-18-13-7-14-12(5-9(13)8-16-18)17-15(21)19(14)10-3-2-4-11(20)6-10/h5,7-8,10-11,20H,2-4,6H2,1H3,(H,17,21)/t10-,11+/m1/s1. The van der Waals surface area contributed by atoms with Gasteiger partial charge in [-0.25, -0.2) is 4.79 Å². The summed E-state index contributed by atoms with van der Waals surface area (Å²) in [6.45, 7) is 0. The zero-order chi connectivity index (χ0) is 14.6. The van der Waals surface area contributed by atoms with Gasteiger partial charge in [-0.1, -0.05) is 0 Å². The SMILES string of the molecule is Cn1ncc2cc3[nH]c(=O)n([C@@H]4CCC[C@H](O)C4)c3cc21. The summed E-state index contributed by atoms with van der Waals surface area (Å²) in [6.07, 6.45) is 4.87. The second-order valence-corrected chi connectivity index (χ2v) is 5.97. The smallest absolute Gasteiger partial charge is 0.326 e. The number of aromatic nitrogens is 4. The number of nitrogens with zero attached hydrogens (tertiary/aromatic N) is 3. The predicted molar refractivity (Wildman–Crippen MR) is 80.3 cm³/mol. The monoisotopic (exact) mass is 286 g/mol. The molecule has 0 aliphatic heterocycles. The number of H-pyrrole nitrogens is 1. The van der Waals surface area contributed by atoms with Gasteiger partial charge < -0.3 is 10.1 Å². The molecule has 2 atom stereocenters. The second-order valence-electron chi connectivity index (χ2n) is 5.97. The minimum Gasteiger partial charge on any atom is -0.393 e. The molecule has 21 heavy (non-hydrogen) atoms. The highest BCUT2D eigenvalue weighted by Crippen LogP contribution is 2.30. The van der Waals surface area contributed by atoms with Crippen LogP contribution in [0.1, 0.15) is 31.7 Å². The number of aliphatic hydroxyl groups is 1. The number of benzene rings is 1. The number of aryl methyl sites for hydroxylation is 1. The van der Waals surface area contributed by atoms with Crippen molar-refractivity contribution in [2.45, 2.75) is 37.8 Å². The summed E-state index contributed by atoms with van der Waals surface area (Å²) < 4.78 is 3.62. The maximum absolute atomic E-state index is 12.3. The van der Waals surface area contributed by atoms with Crippen LogP contribution < -0.4 is 5.69 Å². The maximum atomic E-state index is 12.3. The van der Waals surface area contributed by atoms with Crippen LogP contribution in [0.3, 0.4) is 0 Å². The van der Waals surface area contributed by atoms with Gasteiger partial charge in [0.1, 0.15) is 0 Å².